The Morgan fingerprint density at radius 3 is 3.10 bits per heavy atom. The lowest BCUT2D eigenvalue weighted by Crippen LogP contribution is -2.38. The van der Waals surface area contributed by atoms with Crippen LogP contribution in [0.4, 0.5) is 5.82 Å². The van der Waals surface area contributed by atoms with Gasteiger partial charge in [-0.1, -0.05) is 6.92 Å². The summed E-state index contributed by atoms with van der Waals surface area (Å²) in [7, 11) is 0. The van der Waals surface area contributed by atoms with E-state index in [0.717, 1.165) is 41.8 Å². The summed E-state index contributed by atoms with van der Waals surface area (Å²) in [6.45, 7) is 4.14. The van der Waals surface area contributed by atoms with Crippen LogP contribution in [-0.2, 0) is 6.42 Å². The maximum absolute atomic E-state index is 9.04. The van der Waals surface area contributed by atoms with E-state index in [9.17, 15) is 0 Å². The molecule has 2 aromatic rings. The molecule has 2 aromatic heterocycles. The van der Waals surface area contributed by atoms with Gasteiger partial charge in [-0.15, -0.1) is 0 Å². The van der Waals surface area contributed by atoms with Gasteiger partial charge in [0.2, 0.25) is 0 Å². The molecular formula is C16H19N5. The fourth-order valence-corrected chi connectivity index (χ4v) is 2.81. The Morgan fingerprint density at radius 1 is 1.48 bits per heavy atom. The number of piperidine rings is 1. The van der Waals surface area contributed by atoms with Crippen LogP contribution < -0.4 is 10.6 Å². The van der Waals surface area contributed by atoms with Gasteiger partial charge in [-0.25, -0.2) is 9.97 Å². The average molecular weight is 281 g/mol. The number of pyridine rings is 2. The van der Waals surface area contributed by atoms with E-state index < -0.39 is 0 Å². The molecule has 0 aliphatic carbocycles. The quantitative estimate of drug-likeness (QED) is 0.902. The number of rotatable bonds is 3. The number of hydrogen-bond acceptors (Lipinski definition) is 5. The summed E-state index contributed by atoms with van der Waals surface area (Å²) < 4.78 is 0. The first-order valence-corrected chi connectivity index (χ1v) is 7.47. The Balaban J connectivity index is 1.93. The molecule has 1 unspecified atom stereocenters. The maximum Gasteiger partial charge on any atom is 0.141 e. The van der Waals surface area contributed by atoms with Crippen LogP contribution in [-0.4, -0.2) is 29.1 Å². The van der Waals surface area contributed by atoms with Crippen molar-refractivity contribution >= 4 is 16.6 Å². The summed E-state index contributed by atoms with van der Waals surface area (Å²) in [4.78, 5) is 8.87. The molecular weight excluding hydrogens is 262 g/mol. The minimum Gasteiger partial charge on any atom is -0.366 e. The van der Waals surface area contributed by atoms with Gasteiger partial charge in [-0.05, 0) is 37.9 Å². The van der Waals surface area contributed by atoms with E-state index in [1.54, 1.807) is 6.07 Å². The molecule has 1 fully saturated rings. The summed E-state index contributed by atoms with van der Waals surface area (Å²) in [5.41, 5.74) is 1.41. The molecule has 0 saturated carbocycles. The molecule has 1 atom stereocenters. The largest absolute Gasteiger partial charge is 0.366 e. The van der Waals surface area contributed by atoms with Crippen molar-refractivity contribution in [2.75, 3.05) is 18.4 Å². The second-order valence-corrected chi connectivity index (χ2v) is 5.40. The standard InChI is InChI=1S/C16H19N5/c1-2-15-14-7-16(21-12-4-3-5-18-10-12)19-9-11(14)6-13(8-17)20-15/h6-7,9,12,18H,2-5,10H2,1H3,(H,19,21). The summed E-state index contributed by atoms with van der Waals surface area (Å²) in [5, 5.41) is 18.0. The third-order valence-electron chi connectivity index (χ3n) is 3.89. The molecule has 0 bridgehead atoms. The summed E-state index contributed by atoms with van der Waals surface area (Å²) in [5.74, 6) is 0.886. The summed E-state index contributed by atoms with van der Waals surface area (Å²) in [6, 6.07) is 6.39. The van der Waals surface area contributed by atoms with Crippen molar-refractivity contribution in [3.8, 4) is 6.07 Å². The number of fused-ring (bicyclic) bond motifs is 1. The Labute approximate surface area is 124 Å². The van der Waals surface area contributed by atoms with Crippen LogP contribution >= 0.6 is 0 Å². The van der Waals surface area contributed by atoms with Gasteiger partial charge in [0.15, 0.2) is 0 Å². The first kappa shape index (κ1) is 13.8. The van der Waals surface area contributed by atoms with Gasteiger partial charge in [0, 0.05) is 35.2 Å². The highest BCUT2D eigenvalue weighted by molar-refractivity contribution is 5.86. The van der Waals surface area contributed by atoms with Gasteiger partial charge in [0.05, 0.1) is 0 Å². The smallest absolute Gasteiger partial charge is 0.141 e. The molecule has 5 heteroatoms. The van der Waals surface area contributed by atoms with Crippen LogP contribution in [0.5, 0.6) is 0 Å². The van der Waals surface area contributed by atoms with Gasteiger partial charge >= 0.3 is 0 Å². The lowest BCUT2D eigenvalue weighted by molar-refractivity contribution is 0.479. The van der Waals surface area contributed by atoms with E-state index in [1.165, 1.54) is 12.8 Å². The predicted octanol–water partition coefficient (Wildman–Crippen LogP) is 2.23. The van der Waals surface area contributed by atoms with E-state index in [1.807, 2.05) is 6.20 Å². The third kappa shape index (κ3) is 2.96. The molecule has 2 N–H and O–H groups in total. The van der Waals surface area contributed by atoms with Crippen molar-refractivity contribution in [2.24, 2.45) is 0 Å². The molecule has 0 aromatic carbocycles. The van der Waals surface area contributed by atoms with Crippen molar-refractivity contribution < 1.29 is 0 Å². The molecule has 1 aliphatic heterocycles. The second kappa shape index (κ2) is 6.06. The highest BCUT2D eigenvalue weighted by Crippen LogP contribution is 2.22. The van der Waals surface area contributed by atoms with Crippen molar-refractivity contribution in [3.05, 3.63) is 29.7 Å². The molecule has 1 aliphatic rings. The minimum absolute atomic E-state index is 0.431. The monoisotopic (exact) mass is 281 g/mol. The fraction of sp³-hybridized carbons (Fsp3) is 0.438. The maximum atomic E-state index is 9.04. The van der Waals surface area contributed by atoms with E-state index in [0.29, 0.717) is 11.7 Å². The summed E-state index contributed by atoms with van der Waals surface area (Å²) >= 11 is 0. The molecule has 0 spiro atoms. The number of aromatic nitrogens is 2. The number of anilines is 1. The Bertz CT molecular complexity index is 683. The molecule has 108 valence electrons. The lowest BCUT2D eigenvalue weighted by atomic mass is 10.1. The van der Waals surface area contributed by atoms with Crippen LogP contribution in [0.15, 0.2) is 18.3 Å². The van der Waals surface area contributed by atoms with Crippen molar-refractivity contribution in [1.29, 1.82) is 5.26 Å². The molecule has 3 rings (SSSR count). The number of nitrogens with one attached hydrogen (secondary N) is 2. The number of nitrogens with zero attached hydrogens (tertiary/aromatic N) is 3. The first-order chi connectivity index (χ1) is 10.3. The average Bonchev–Trinajstić information content (AvgIpc) is 2.54. The Hall–Kier alpha value is -2.19. The second-order valence-electron chi connectivity index (χ2n) is 5.40. The van der Waals surface area contributed by atoms with Crippen molar-refractivity contribution in [2.45, 2.75) is 32.2 Å². The SMILES string of the molecule is CCc1nc(C#N)cc2cnc(NC3CCCNC3)cc12. The van der Waals surface area contributed by atoms with Crippen LogP contribution in [0.1, 0.15) is 31.2 Å². The first-order valence-electron chi connectivity index (χ1n) is 7.47. The Kier molecular flexibility index (Phi) is 3.98. The lowest BCUT2D eigenvalue weighted by Gasteiger charge is -2.24. The zero-order chi connectivity index (χ0) is 14.7. The number of aryl methyl sites for hydroxylation is 1. The van der Waals surface area contributed by atoms with Gasteiger partial charge in [-0.3, -0.25) is 0 Å². The van der Waals surface area contributed by atoms with Crippen molar-refractivity contribution in [3.63, 3.8) is 0 Å². The van der Waals surface area contributed by atoms with E-state index in [-0.39, 0.29) is 0 Å². The van der Waals surface area contributed by atoms with Crippen LogP contribution in [0.3, 0.4) is 0 Å². The van der Waals surface area contributed by atoms with Gasteiger partial charge in [0.25, 0.3) is 0 Å². The van der Waals surface area contributed by atoms with Gasteiger partial charge in [-0.2, -0.15) is 5.26 Å². The Morgan fingerprint density at radius 2 is 2.38 bits per heavy atom. The molecule has 0 radical (unpaired) electrons. The molecule has 0 amide bonds. The topological polar surface area (TPSA) is 73.6 Å². The van der Waals surface area contributed by atoms with Crippen molar-refractivity contribution in [1.82, 2.24) is 15.3 Å². The van der Waals surface area contributed by atoms with Crippen LogP contribution in [0.2, 0.25) is 0 Å². The normalized spacial score (nSPS) is 18.4. The predicted molar refractivity (Wildman–Crippen MR) is 83.1 cm³/mol. The number of nitriles is 1. The fourth-order valence-electron chi connectivity index (χ4n) is 2.81. The van der Waals surface area contributed by atoms with E-state index in [4.69, 9.17) is 5.26 Å². The third-order valence-corrected chi connectivity index (χ3v) is 3.89. The zero-order valence-corrected chi connectivity index (χ0v) is 12.2. The number of hydrogen-bond donors (Lipinski definition) is 2. The zero-order valence-electron chi connectivity index (χ0n) is 12.2. The van der Waals surface area contributed by atoms with E-state index >= 15 is 0 Å². The molecule has 21 heavy (non-hydrogen) atoms. The van der Waals surface area contributed by atoms with Crippen LogP contribution in [0, 0.1) is 11.3 Å². The van der Waals surface area contributed by atoms with E-state index in [2.05, 4.69) is 39.7 Å². The highest BCUT2D eigenvalue weighted by Gasteiger charge is 2.13. The summed E-state index contributed by atoms with van der Waals surface area (Å²) in [6.07, 6.45) is 4.99. The highest BCUT2D eigenvalue weighted by atomic mass is 15.1. The molecule has 3 heterocycles. The molecule has 1 saturated heterocycles. The van der Waals surface area contributed by atoms with Gasteiger partial charge in [0.1, 0.15) is 17.6 Å². The minimum atomic E-state index is 0.431. The van der Waals surface area contributed by atoms with Gasteiger partial charge < -0.3 is 10.6 Å². The van der Waals surface area contributed by atoms with Crippen LogP contribution in [0.25, 0.3) is 10.8 Å². The molecule has 5 nitrogen and oxygen atoms in total.